The van der Waals surface area contributed by atoms with Gasteiger partial charge in [0, 0.05) is 10.9 Å². The lowest BCUT2D eigenvalue weighted by Gasteiger charge is -2.13. The van der Waals surface area contributed by atoms with Crippen molar-refractivity contribution in [1.82, 2.24) is 4.98 Å². The van der Waals surface area contributed by atoms with Gasteiger partial charge in [-0.25, -0.2) is 9.78 Å². The number of carboxylic acids is 1. The van der Waals surface area contributed by atoms with Crippen LogP contribution >= 0.6 is 11.3 Å². The first kappa shape index (κ1) is 19.7. The summed E-state index contributed by atoms with van der Waals surface area (Å²) in [5.41, 5.74) is 3.03. The molecule has 146 valence electrons. The first-order chi connectivity index (χ1) is 13.5. The van der Waals surface area contributed by atoms with Gasteiger partial charge in [-0.05, 0) is 49.2 Å². The largest absolute Gasteiger partial charge is 0.493 e. The number of nitrogens with zero attached hydrogens (tertiary/aromatic N) is 1. The molecule has 3 rings (SSSR count). The number of benzene rings is 2. The van der Waals surface area contributed by atoms with Gasteiger partial charge in [-0.15, -0.1) is 11.3 Å². The molecule has 1 heterocycles. The van der Waals surface area contributed by atoms with Crippen molar-refractivity contribution >= 4 is 17.3 Å². The van der Waals surface area contributed by atoms with Crippen LogP contribution in [0.4, 0.5) is 0 Å². The van der Waals surface area contributed by atoms with Crippen molar-refractivity contribution in [3.63, 3.8) is 0 Å². The highest BCUT2D eigenvalue weighted by molar-refractivity contribution is 7.13. The fourth-order valence-electron chi connectivity index (χ4n) is 2.59. The van der Waals surface area contributed by atoms with E-state index in [0.717, 1.165) is 22.4 Å². The fourth-order valence-corrected chi connectivity index (χ4v) is 3.38. The number of methoxy groups -OCH3 is 1. The summed E-state index contributed by atoms with van der Waals surface area (Å²) in [6.07, 6.45) is 0. The summed E-state index contributed by atoms with van der Waals surface area (Å²) in [6, 6.07) is 11.5. The molecular weight excluding hydrogens is 378 g/mol. The maximum atomic E-state index is 11.0. The van der Waals surface area contributed by atoms with E-state index in [0.29, 0.717) is 29.7 Å². The minimum atomic E-state index is -1.04. The molecule has 0 saturated heterocycles. The standard InChI is InChI=1S/C21H21NO5S/c1-13-4-5-14(2)18(10-13)27-9-8-26-17-7-6-15(11-19(17)25-3)20-22-16(12-28-20)21(23)24/h4-7,10-12H,8-9H2,1-3H3,(H,23,24). The van der Waals surface area contributed by atoms with Crippen molar-refractivity contribution in [1.29, 1.82) is 0 Å². The van der Waals surface area contributed by atoms with Crippen LogP contribution in [-0.4, -0.2) is 36.4 Å². The van der Waals surface area contributed by atoms with Gasteiger partial charge in [0.05, 0.1) is 7.11 Å². The average Bonchev–Trinajstić information content (AvgIpc) is 3.18. The smallest absolute Gasteiger partial charge is 0.355 e. The summed E-state index contributed by atoms with van der Waals surface area (Å²) in [6.45, 7) is 4.80. The summed E-state index contributed by atoms with van der Waals surface area (Å²) >= 11 is 1.27. The number of aromatic nitrogens is 1. The maximum absolute atomic E-state index is 11.0. The number of carboxylic acid groups (broad SMARTS) is 1. The van der Waals surface area contributed by atoms with Gasteiger partial charge in [-0.1, -0.05) is 12.1 Å². The second kappa shape index (κ2) is 8.75. The normalized spacial score (nSPS) is 10.5. The summed E-state index contributed by atoms with van der Waals surface area (Å²) in [5, 5.41) is 11.1. The first-order valence-electron chi connectivity index (χ1n) is 8.68. The van der Waals surface area contributed by atoms with E-state index in [1.807, 2.05) is 38.1 Å². The fraction of sp³-hybridized carbons (Fsp3) is 0.238. The van der Waals surface area contributed by atoms with E-state index in [4.69, 9.17) is 19.3 Å². The number of hydrogen-bond donors (Lipinski definition) is 1. The van der Waals surface area contributed by atoms with Crippen LogP contribution < -0.4 is 14.2 Å². The molecule has 1 aromatic heterocycles. The Hall–Kier alpha value is -3.06. The molecule has 0 aliphatic rings. The lowest BCUT2D eigenvalue weighted by atomic mass is 10.1. The number of thiazole rings is 1. The highest BCUT2D eigenvalue weighted by Gasteiger charge is 2.13. The van der Waals surface area contributed by atoms with Gasteiger partial charge < -0.3 is 19.3 Å². The molecular formula is C21H21NO5S. The average molecular weight is 399 g/mol. The third kappa shape index (κ3) is 4.61. The highest BCUT2D eigenvalue weighted by Crippen LogP contribution is 2.33. The van der Waals surface area contributed by atoms with Gasteiger partial charge in [-0.2, -0.15) is 0 Å². The first-order valence-corrected chi connectivity index (χ1v) is 9.56. The van der Waals surface area contributed by atoms with E-state index in [-0.39, 0.29) is 5.69 Å². The van der Waals surface area contributed by atoms with Crippen molar-refractivity contribution < 1.29 is 24.1 Å². The maximum Gasteiger partial charge on any atom is 0.355 e. The molecule has 0 spiro atoms. The number of hydrogen-bond acceptors (Lipinski definition) is 6. The van der Waals surface area contributed by atoms with Gasteiger partial charge in [-0.3, -0.25) is 0 Å². The van der Waals surface area contributed by atoms with Crippen molar-refractivity contribution in [3.05, 3.63) is 58.6 Å². The van der Waals surface area contributed by atoms with Crippen LogP contribution in [0.15, 0.2) is 41.8 Å². The topological polar surface area (TPSA) is 77.9 Å². The van der Waals surface area contributed by atoms with Crippen LogP contribution in [-0.2, 0) is 0 Å². The molecule has 0 aliphatic carbocycles. The zero-order chi connectivity index (χ0) is 20.1. The minimum Gasteiger partial charge on any atom is -0.493 e. The van der Waals surface area contributed by atoms with Crippen molar-refractivity contribution in [2.75, 3.05) is 20.3 Å². The molecule has 0 fully saturated rings. The number of ether oxygens (including phenoxy) is 3. The second-order valence-electron chi connectivity index (χ2n) is 6.17. The van der Waals surface area contributed by atoms with Crippen LogP contribution in [0.3, 0.4) is 0 Å². The SMILES string of the molecule is COc1cc(-c2nc(C(=O)O)cs2)ccc1OCCOc1cc(C)ccc1C. The number of rotatable bonds is 8. The summed E-state index contributed by atoms with van der Waals surface area (Å²) in [4.78, 5) is 15.1. The van der Waals surface area contributed by atoms with Crippen LogP contribution in [0, 0.1) is 13.8 Å². The third-order valence-electron chi connectivity index (χ3n) is 4.08. The predicted molar refractivity (Wildman–Crippen MR) is 108 cm³/mol. The minimum absolute atomic E-state index is 0.0304. The summed E-state index contributed by atoms with van der Waals surface area (Å²) in [7, 11) is 1.56. The number of aryl methyl sites for hydroxylation is 2. The van der Waals surface area contributed by atoms with Crippen molar-refractivity contribution in [3.8, 4) is 27.8 Å². The summed E-state index contributed by atoms with van der Waals surface area (Å²) in [5.74, 6) is 0.948. The van der Waals surface area contributed by atoms with Crippen LogP contribution in [0.5, 0.6) is 17.2 Å². The Bertz CT molecular complexity index is 983. The van der Waals surface area contributed by atoms with E-state index in [9.17, 15) is 4.79 Å². The Morgan fingerprint density at radius 2 is 1.79 bits per heavy atom. The van der Waals surface area contributed by atoms with E-state index >= 15 is 0 Å². The molecule has 6 nitrogen and oxygen atoms in total. The number of aromatic carboxylic acids is 1. The quantitative estimate of drug-likeness (QED) is 0.558. The molecule has 7 heteroatoms. The van der Waals surface area contributed by atoms with E-state index in [2.05, 4.69) is 4.98 Å². The molecule has 0 bridgehead atoms. The molecule has 0 radical (unpaired) electrons. The van der Waals surface area contributed by atoms with E-state index in [1.165, 1.54) is 16.7 Å². The highest BCUT2D eigenvalue weighted by atomic mass is 32.1. The molecule has 28 heavy (non-hydrogen) atoms. The monoisotopic (exact) mass is 399 g/mol. The molecule has 0 atom stereocenters. The number of carbonyl (C=O) groups is 1. The Morgan fingerprint density at radius 3 is 2.46 bits per heavy atom. The van der Waals surface area contributed by atoms with E-state index < -0.39 is 5.97 Å². The van der Waals surface area contributed by atoms with Crippen molar-refractivity contribution in [2.45, 2.75) is 13.8 Å². The lowest BCUT2D eigenvalue weighted by Crippen LogP contribution is -2.10. The molecule has 0 saturated carbocycles. The van der Waals surface area contributed by atoms with Gasteiger partial charge in [0.15, 0.2) is 17.2 Å². The second-order valence-corrected chi connectivity index (χ2v) is 7.03. The Morgan fingerprint density at radius 1 is 1.04 bits per heavy atom. The van der Waals surface area contributed by atoms with Crippen molar-refractivity contribution in [2.24, 2.45) is 0 Å². The van der Waals surface area contributed by atoms with Gasteiger partial charge in [0.25, 0.3) is 0 Å². The predicted octanol–water partition coefficient (Wildman–Crippen LogP) is 4.59. The Balaban J connectivity index is 1.64. The third-order valence-corrected chi connectivity index (χ3v) is 4.97. The molecule has 2 aromatic carbocycles. The van der Waals surface area contributed by atoms with Gasteiger partial charge >= 0.3 is 5.97 Å². The van der Waals surface area contributed by atoms with Crippen LogP contribution in [0.1, 0.15) is 21.6 Å². The Kier molecular flexibility index (Phi) is 6.16. The van der Waals surface area contributed by atoms with Gasteiger partial charge in [0.1, 0.15) is 24.0 Å². The van der Waals surface area contributed by atoms with E-state index in [1.54, 1.807) is 19.2 Å². The molecule has 3 aromatic rings. The molecule has 1 N–H and O–H groups in total. The molecule has 0 amide bonds. The van der Waals surface area contributed by atoms with Crippen LogP contribution in [0.2, 0.25) is 0 Å². The zero-order valence-electron chi connectivity index (χ0n) is 15.9. The van der Waals surface area contributed by atoms with Gasteiger partial charge in [0.2, 0.25) is 0 Å². The lowest BCUT2D eigenvalue weighted by molar-refractivity contribution is 0.0691. The molecule has 0 unspecified atom stereocenters. The Labute approximate surface area is 167 Å². The summed E-state index contributed by atoms with van der Waals surface area (Å²) < 4.78 is 17.0. The zero-order valence-corrected chi connectivity index (χ0v) is 16.7. The molecule has 0 aliphatic heterocycles. The van der Waals surface area contributed by atoms with Crippen LogP contribution in [0.25, 0.3) is 10.6 Å².